The summed E-state index contributed by atoms with van der Waals surface area (Å²) in [5.41, 5.74) is 0.534. The number of rotatable bonds is 3. The van der Waals surface area contributed by atoms with Crippen LogP contribution in [0.25, 0.3) is 0 Å². The number of carbonyl (C=O) groups excluding carboxylic acids is 3. The molecule has 31 heavy (non-hydrogen) atoms. The van der Waals surface area contributed by atoms with Crippen LogP contribution in [0.5, 0.6) is 11.5 Å². The molecule has 0 spiro atoms. The number of benzene rings is 1. The number of nitrogens with zero attached hydrogens (tertiary/aromatic N) is 1. The van der Waals surface area contributed by atoms with Crippen molar-refractivity contribution in [3.05, 3.63) is 18.2 Å². The Morgan fingerprint density at radius 2 is 1.81 bits per heavy atom. The molecule has 3 fully saturated rings. The Morgan fingerprint density at radius 3 is 2.61 bits per heavy atom. The van der Waals surface area contributed by atoms with Crippen molar-refractivity contribution in [2.75, 3.05) is 31.6 Å². The second kappa shape index (κ2) is 8.35. The van der Waals surface area contributed by atoms with Crippen LogP contribution in [0, 0.1) is 11.8 Å². The maximum Gasteiger partial charge on any atom is 0.229 e. The molecule has 1 aromatic carbocycles. The van der Waals surface area contributed by atoms with Gasteiger partial charge in [-0.05, 0) is 25.0 Å². The van der Waals surface area contributed by atoms with Gasteiger partial charge >= 0.3 is 0 Å². The molecule has 10 heteroatoms. The highest BCUT2D eigenvalue weighted by atomic mass is 16.6. The monoisotopic (exact) mass is 429 g/mol. The number of likely N-dealkylation sites (tertiary alicyclic amines) is 1. The second-order valence-electron chi connectivity index (χ2n) is 8.40. The fraction of sp³-hybridized carbons (Fsp3) is 0.571. The quantitative estimate of drug-likeness (QED) is 0.532. The molecule has 0 bridgehead atoms. The molecule has 0 aliphatic carbocycles. The minimum absolute atomic E-state index is 0.0406. The second-order valence-corrected chi connectivity index (χ2v) is 8.40. The summed E-state index contributed by atoms with van der Waals surface area (Å²) in [6, 6.07) is 5.15. The first-order valence-corrected chi connectivity index (χ1v) is 10.9. The van der Waals surface area contributed by atoms with Crippen molar-refractivity contribution in [1.29, 1.82) is 0 Å². The Kier molecular flexibility index (Phi) is 5.41. The van der Waals surface area contributed by atoms with Crippen LogP contribution in [0.1, 0.15) is 25.7 Å². The summed E-state index contributed by atoms with van der Waals surface area (Å²) in [6.07, 6.45) is 2.37. The van der Waals surface area contributed by atoms with E-state index in [1.54, 1.807) is 18.2 Å². The molecule has 1 aromatic rings. The van der Waals surface area contributed by atoms with Crippen LogP contribution in [-0.2, 0) is 14.4 Å². The summed E-state index contributed by atoms with van der Waals surface area (Å²) in [4.78, 5) is 40.6. The van der Waals surface area contributed by atoms with Crippen molar-refractivity contribution in [1.82, 2.24) is 20.9 Å². The van der Waals surface area contributed by atoms with Gasteiger partial charge in [0.1, 0.15) is 19.5 Å². The molecule has 4 heterocycles. The van der Waals surface area contributed by atoms with Crippen molar-refractivity contribution < 1.29 is 23.9 Å². The third-order valence-corrected chi connectivity index (χ3v) is 6.34. The lowest BCUT2D eigenvalue weighted by molar-refractivity contribution is -0.147. The van der Waals surface area contributed by atoms with Gasteiger partial charge in [0.2, 0.25) is 17.7 Å². The molecule has 10 nitrogen and oxygen atoms in total. The number of ether oxygens (including phenoxy) is 2. The predicted octanol–water partition coefficient (Wildman–Crippen LogP) is -0.0364. The average Bonchev–Trinajstić information content (AvgIpc) is 2.78. The Labute approximate surface area is 180 Å². The molecule has 4 aliphatic heterocycles. The van der Waals surface area contributed by atoms with Gasteiger partial charge in [0.15, 0.2) is 11.5 Å². The number of anilines is 1. The van der Waals surface area contributed by atoms with Gasteiger partial charge in [-0.15, -0.1) is 0 Å². The van der Waals surface area contributed by atoms with Gasteiger partial charge in [0.05, 0.1) is 18.0 Å². The fourth-order valence-electron chi connectivity index (χ4n) is 4.79. The van der Waals surface area contributed by atoms with Gasteiger partial charge in [-0.2, -0.15) is 0 Å². The predicted molar refractivity (Wildman–Crippen MR) is 110 cm³/mol. The zero-order valence-corrected chi connectivity index (χ0v) is 17.2. The van der Waals surface area contributed by atoms with Crippen molar-refractivity contribution in [2.24, 2.45) is 11.8 Å². The molecule has 4 atom stereocenters. The van der Waals surface area contributed by atoms with E-state index in [-0.39, 0.29) is 30.4 Å². The summed E-state index contributed by atoms with van der Waals surface area (Å²) < 4.78 is 11.1. The standard InChI is InChI=1S/C21H27N5O5/c27-16-11-13(19(28)22-12-4-5-14-15(10-12)31-9-8-30-14)17-18(23-16)24-21(25-20(17)29)26-6-2-1-3-7-26/h4-5,10,13,17-18,21,24H,1-3,6-9,11H2,(H,22,28)(H,23,27)(H,25,29). The van der Waals surface area contributed by atoms with Crippen LogP contribution in [0.15, 0.2) is 18.2 Å². The molecule has 0 radical (unpaired) electrons. The first-order valence-electron chi connectivity index (χ1n) is 10.9. The van der Waals surface area contributed by atoms with E-state index >= 15 is 0 Å². The van der Waals surface area contributed by atoms with E-state index < -0.39 is 18.0 Å². The van der Waals surface area contributed by atoms with E-state index in [4.69, 9.17) is 9.47 Å². The minimum atomic E-state index is -0.776. The molecule has 166 valence electrons. The largest absolute Gasteiger partial charge is 0.486 e. The number of piperidine rings is 2. The Morgan fingerprint density at radius 1 is 1.03 bits per heavy atom. The van der Waals surface area contributed by atoms with Crippen LogP contribution in [0.2, 0.25) is 0 Å². The molecule has 4 N–H and O–H groups in total. The smallest absolute Gasteiger partial charge is 0.229 e. The van der Waals surface area contributed by atoms with Gasteiger partial charge in [-0.3, -0.25) is 24.6 Å². The number of nitrogens with one attached hydrogen (secondary N) is 4. The molecule has 4 unspecified atom stereocenters. The summed E-state index contributed by atoms with van der Waals surface area (Å²) in [5.74, 6) is -1.11. The molecule has 3 saturated heterocycles. The molecule has 5 rings (SSSR count). The normalized spacial score (nSPS) is 30.6. The molecule has 3 amide bonds. The highest BCUT2D eigenvalue weighted by Gasteiger charge is 2.49. The molecule has 4 aliphatic rings. The van der Waals surface area contributed by atoms with Gasteiger partial charge < -0.3 is 25.4 Å². The molecule has 0 aromatic heterocycles. The minimum Gasteiger partial charge on any atom is -0.486 e. The van der Waals surface area contributed by atoms with E-state index in [1.165, 1.54) is 6.42 Å². The maximum absolute atomic E-state index is 13.1. The maximum atomic E-state index is 13.1. The van der Waals surface area contributed by atoms with E-state index in [0.29, 0.717) is 30.4 Å². The van der Waals surface area contributed by atoms with Crippen LogP contribution in [0.3, 0.4) is 0 Å². The Balaban J connectivity index is 1.30. The number of hydrogen-bond donors (Lipinski definition) is 4. The lowest BCUT2D eigenvalue weighted by Gasteiger charge is -2.46. The van der Waals surface area contributed by atoms with Crippen LogP contribution >= 0.6 is 0 Å². The summed E-state index contributed by atoms with van der Waals surface area (Å²) in [5, 5.41) is 12.0. The summed E-state index contributed by atoms with van der Waals surface area (Å²) in [7, 11) is 0. The van der Waals surface area contributed by atoms with Crippen molar-refractivity contribution in [2.45, 2.75) is 38.1 Å². The summed E-state index contributed by atoms with van der Waals surface area (Å²) in [6.45, 7) is 2.70. The highest BCUT2D eigenvalue weighted by molar-refractivity contribution is 6.00. The number of carbonyl (C=O) groups is 3. The lowest BCUT2D eigenvalue weighted by atomic mass is 9.81. The zero-order valence-electron chi connectivity index (χ0n) is 17.2. The zero-order chi connectivity index (χ0) is 21.4. The van der Waals surface area contributed by atoms with E-state index in [1.807, 2.05) is 0 Å². The third kappa shape index (κ3) is 4.05. The Bertz CT molecular complexity index is 887. The van der Waals surface area contributed by atoms with Crippen molar-refractivity contribution in [3.63, 3.8) is 0 Å². The first-order chi connectivity index (χ1) is 15.1. The number of hydrogen-bond acceptors (Lipinski definition) is 7. The van der Waals surface area contributed by atoms with Crippen LogP contribution < -0.4 is 30.7 Å². The van der Waals surface area contributed by atoms with Crippen molar-refractivity contribution >= 4 is 23.4 Å². The van der Waals surface area contributed by atoms with Gasteiger partial charge in [0.25, 0.3) is 0 Å². The van der Waals surface area contributed by atoms with Gasteiger partial charge in [0, 0.05) is 31.3 Å². The number of fused-ring (bicyclic) bond motifs is 2. The first kappa shape index (κ1) is 20.1. The lowest BCUT2D eigenvalue weighted by Crippen LogP contribution is -2.74. The van der Waals surface area contributed by atoms with Gasteiger partial charge in [-0.25, -0.2) is 0 Å². The van der Waals surface area contributed by atoms with Gasteiger partial charge in [-0.1, -0.05) is 6.42 Å². The molecule has 0 saturated carbocycles. The highest BCUT2D eigenvalue weighted by Crippen LogP contribution is 2.34. The van der Waals surface area contributed by atoms with Crippen LogP contribution in [0.4, 0.5) is 5.69 Å². The molecular weight excluding hydrogens is 402 g/mol. The fourth-order valence-corrected chi connectivity index (χ4v) is 4.79. The topological polar surface area (TPSA) is 121 Å². The van der Waals surface area contributed by atoms with E-state index in [2.05, 4.69) is 26.2 Å². The SMILES string of the molecule is O=C1CC(C(=O)Nc2ccc3c(c2)OCCO3)C2C(=O)NC(N3CCCCC3)NC2N1. The average molecular weight is 429 g/mol. The third-order valence-electron chi connectivity index (χ3n) is 6.34. The molecular formula is C21H27N5O5. The number of amides is 3. The van der Waals surface area contributed by atoms with E-state index in [9.17, 15) is 14.4 Å². The van der Waals surface area contributed by atoms with Crippen LogP contribution in [-0.4, -0.2) is 61.4 Å². The van der Waals surface area contributed by atoms with E-state index in [0.717, 1.165) is 25.9 Å². The van der Waals surface area contributed by atoms with Crippen molar-refractivity contribution in [3.8, 4) is 11.5 Å². The summed E-state index contributed by atoms with van der Waals surface area (Å²) >= 11 is 0. The Hall–Kier alpha value is -2.85.